The van der Waals surface area contributed by atoms with Crippen molar-refractivity contribution in [3.05, 3.63) is 46.6 Å². The van der Waals surface area contributed by atoms with Crippen LogP contribution in [0.2, 0.25) is 0 Å². The lowest BCUT2D eigenvalue weighted by atomic mass is 10.3. The molecule has 0 fully saturated rings. The summed E-state index contributed by atoms with van der Waals surface area (Å²) in [7, 11) is 0. The molecule has 78 valence electrons. The molecule has 0 atom stereocenters. The summed E-state index contributed by atoms with van der Waals surface area (Å²) in [5.41, 5.74) is 1.39. The lowest BCUT2D eigenvalue weighted by Gasteiger charge is -1.96. The first-order valence-electron chi connectivity index (χ1n) is 4.64. The average Bonchev–Trinajstić information content (AvgIpc) is 2.66. The number of para-hydroxylation sites is 2. The molecule has 0 N–H and O–H groups in total. The van der Waals surface area contributed by atoms with E-state index in [0.717, 1.165) is 0 Å². The summed E-state index contributed by atoms with van der Waals surface area (Å²) in [4.78, 5) is 18.7. The normalized spacial score (nSPS) is 11.0. The molecule has 2 aromatic heterocycles. The van der Waals surface area contributed by atoms with Gasteiger partial charge in [-0.25, -0.2) is 0 Å². The van der Waals surface area contributed by atoms with E-state index in [1.54, 1.807) is 12.1 Å². The molecule has 2 heterocycles. The van der Waals surface area contributed by atoms with Gasteiger partial charge in [0.2, 0.25) is 0 Å². The number of nitrogens with zero attached hydrogens (tertiary/aromatic N) is 4. The van der Waals surface area contributed by atoms with Crippen molar-refractivity contribution in [2.45, 2.75) is 0 Å². The zero-order chi connectivity index (χ0) is 11.1. The molecule has 6 nitrogen and oxygen atoms in total. The molecule has 0 spiro atoms. The third-order valence-corrected chi connectivity index (χ3v) is 2.37. The monoisotopic (exact) mass is 214 g/mol. The van der Waals surface area contributed by atoms with Crippen LogP contribution in [0.25, 0.3) is 16.8 Å². The predicted octanol–water partition coefficient (Wildman–Crippen LogP) is 1.79. The molecule has 0 saturated carbocycles. The Kier molecular flexibility index (Phi) is 1.64. The van der Waals surface area contributed by atoms with Gasteiger partial charge in [-0.3, -0.25) is 0 Å². The molecule has 0 aliphatic rings. The van der Waals surface area contributed by atoms with Crippen LogP contribution in [0.5, 0.6) is 0 Å². The fourth-order valence-corrected chi connectivity index (χ4v) is 1.71. The summed E-state index contributed by atoms with van der Waals surface area (Å²) < 4.78 is 1.44. The lowest BCUT2D eigenvalue weighted by Crippen LogP contribution is -1.98. The Hall–Kier alpha value is -2.50. The highest BCUT2D eigenvalue weighted by atomic mass is 16.6. The summed E-state index contributed by atoms with van der Waals surface area (Å²) in [5.74, 6) is 0.314. The van der Waals surface area contributed by atoms with Gasteiger partial charge in [0.1, 0.15) is 5.52 Å². The van der Waals surface area contributed by atoms with E-state index in [1.165, 1.54) is 16.7 Å². The highest BCUT2D eigenvalue weighted by Gasteiger charge is 2.17. The van der Waals surface area contributed by atoms with E-state index in [2.05, 4.69) is 9.97 Å². The van der Waals surface area contributed by atoms with Crippen molar-refractivity contribution >= 4 is 22.6 Å². The van der Waals surface area contributed by atoms with Crippen LogP contribution in [0.4, 0.5) is 5.82 Å². The quantitative estimate of drug-likeness (QED) is 0.457. The Balaban J connectivity index is 2.57. The highest BCUT2D eigenvalue weighted by molar-refractivity contribution is 5.80. The molecule has 0 radical (unpaired) electrons. The molecule has 3 rings (SSSR count). The predicted molar refractivity (Wildman–Crippen MR) is 57.1 cm³/mol. The van der Waals surface area contributed by atoms with Crippen molar-refractivity contribution in [1.82, 2.24) is 14.4 Å². The summed E-state index contributed by atoms with van der Waals surface area (Å²) in [6.45, 7) is 0. The number of aromatic nitrogens is 3. The summed E-state index contributed by atoms with van der Waals surface area (Å²) >= 11 is 0. The van der Waals surface area contributed by atoms with Crippen LogP contribution >= 0.6 is 0 Å². The zero-order valence-corrected chi connectivity index (χ0v) is 8.07. The van der Waals surface area contributed by atoms with Crippen LogP contribution in [-0.2, 0) is 0 Å². The summed E-state index contributed by atoms with van der Waals surface area (Å²) in [6.07, 6.45) is 1.39. The fraction of sp³-hybridized carbons (Fsp3) is 0. The topological polar surface area (TPSA) is 73.3 Å². The van der Waals surface area contributed by atoms with Crippen molar-refractivity contribution in [3.63, 3.8) is 0 Å². The Morgan fingerprint density at radius 3 is 2.88 bits per heavy atom. The van der Waals surface area contributed by atoms with E-state index in [-0.39, 0.29) is 5.82 Å². The molecule has 6 heteroatoms. The Bertz CT molecular complexity index is 704. The molecule has 1 aromatic carbocycles. The van der Waals surface area contributed by atoms with Gasteiger partial charge in [0, 0.05) is 6.20 Å². The molecule has 0 aliphatic heterocycles. The van der Waals surface area contributed by atoms with E-state index in [4.69, 9.17) is 0 Å². The van der Waals surface area contributed by atoms with Crippen molar-refractivity contribution in [2.24, 2.45) is 0 Å². The number of fused-ring (bicyclic) bond motifs is 3. The van der Waals surface area contributed by atoms with E-state index >= 15 is 0 Å². The van der Waals surface area contributed by atoms with E-state index in [9.17, 15) is 10.1 Å². The molecule has 3 aromatic rings. The number of nitro groups is 1. The highest BCUT2D eigenvalue weighted by Crippen LogP contribution is 2.20. The van der Waals surface area contributed by atoms with Gasteiger partial charge < -0.3 is 10.1 Å². The number of benzene rings is 1. The van der Waals surface area contributed by atoms with Crippen molar-refractivity contribution in [1.29, 1.82) is 0 Å². The number of hydrogen-bond acceptors (Lipinski definition) is 4. The van der Waals surface area contributed by atoms with Crippen LogP contribution in [0, 0.1) is 10.1 Å². The molecule has 0 aliphatic carbocycles. The third kappa shape index (κ3) is 1.07. The van der Waals surface area contributed by atoms with Gasteiger partial charge in [-0.2, -0.15) is 14.4 Å². The maximum absolute atomic E-state index is 10.9. The van der Waals surface area contributed by atoms with Gasteiger partial charge in [0.05, 0.1) is 6.07 Å². The zero-order valence-electron chi connectivity index (χ0n) is 8.07. The first kappa shape index (κ1) is 8.78. The SMILES string of the molecule is O=[N+]([O-])c1ccnc2nc3ccccc3n12. The van der Waals surface area contributed by atoms with Gasteiger partial charge in [0.25, 0.3) is 0 Å². The minimum absolute atomic E-state index is 0.0290. The van der Waals surface area contributed by atoms with Gasteiger partial charge in [-0.05, 0) is 17.1 Å². The summed E-state index contributed by atoms with van der Waals surface area (Å²) in [5, 5.41) is 10.9. The minimum atomic E-state index is -0.442. The molecule has 0 saturated heterocycles. The van der Waals surface area contributed by atoms with E-state index in [1.807, 2.05) is 12.1 Å². The second kappa shape index (κ2) is 2.99. The van der Waals surface area contributed by atoms with Crippen molar-refractivity contribution in [3.8, 4) is 0 Å². The average molecular weight is 214 g/mol. The second-order valence-corrected chi connectivity index (χ2v) is 3.30. The molecule has 0 unspecified atom stereocenters. The molecular formula is C10H6N4O2. The van der Waals surface area contributed by atoms with Gasteiger partial charge >= 0.3 is 11.6 Å². The Morgan fingerprint density at radius 1 is 1.25 bits per heavy atom. The number of rotatable bonds is 1. The minimum Gasteiger partial charge on any atom is -0.358 e. The lowest BCUT2D eigenvalue weighted by molar-refractivity contribution is -0.390. The van der Waals surface area contributed by atoms with Crippen LogP contribution in [-0.4, -0.2) is 19.3 Å². The first-order chi connectivity index (χ1) is 7.77. The third-order valence-electron chi connectivity index (χ3n) is 2.37. The standard InChI is InChI=1S/C10H6N4O2/c15-14(16)9-5-6-11-10-12-7-3-1-2-4-8(7)13(9)10/h1-6H. The molecule has 0 bridgehead atoms. The largest absolute Gasteiger partial charge is 0.358 e. The van der Waals surface area contributed by atoms with Gasteiger partial charge in [0.15, 0.2) is 5.52 Å². The smallest absolute Gasteiger partial charge is 0.332 e. The van der Waals surface area contributed by atoms with Crippen molar-refractivity contribution < 1.29 is 4.92 Å². The first-order valence-corrected chi connectivity index (χ1v) is 4.64. The molecule has 16 heavy (non-hydrogen) atoms. The van der Waals surface area contributed by atoms with Crippen LogP contribution < -0.4 is 0 Å². The second-order valence-electron chi connectivity index (χ2n) is 3.30. The summed E-state index contributed by atoms with van der Waals surface area (Å²) in [6, 6.07) is 8.59. The maximum Gasteiger partial charge on any atom is 0.332 e. The Morgan fingerprint density at radius 2 is 2.06 bits per heavy atom. The number of imidazole rings is 1. The van der Waals surface area contributed by atoms with Gasteiger partial charge in [-0.1, -0.05) is 12.1 Å². The maximum atomic E-state index is 10.9. The molecular weight excluding hydrogens is 208 g/mol. The number of hydrogen-bond donors (Lipinski definition) is 0. The van der Waals surface area contributed by atoms with Crippen molar-refractivity contribution in [2.75, 3.05) is 0 Å². The molecule has 0 amide bonds. The van der Waals surface area contributed by atoms with Crippen LogP contribution in [0.1, 0.15) is 0 Å². The van der Waals surface area contributed by atoms with E-state index in [0.29, 0.717) is 16.8 Å². The fourth-order valence-electron chi connectivity index (χ4n) is 1.71. The Labute approximate surface area is 89.3 Å². The van der Waals surface area contributed by atoms with Crippen LogP contribution in [0.3, 0.4) is 0 Å². The van der Waals surface area contributed by atoms with Crippen LogP contribution in [0.15, 0.2) is 36.5 Å². The van der Waals surface area contributed by atoms with Gasteiger partial charge in [-0.15, -0.1) is 0 Å². The van der Waals surface area contributed by atoms with E-state index < -0.39 is 4.92 Å².